The molecule has 3 aromatic rings. The van der Waals surface area contributed by atoms with Gasteiger partial charge in [-0.15, -0.1) is 11.3 Å². The maximum Gasteiger partial charge on any atom is 0.228 e. The van der Waals surface area contributed by atoms with Gasteiger partial charge in [-0.25, -0.2) is 9.37 Å². The molecule has 0 spiro atoms. The molecule has 0 unspecified atom stereocenters. The number of carbonyl (C=O) groups excluding carboxylic acids is 1. The van der Waals surface area contributed by atoms with Crippen molar-refractivity contribution in [3.8, 4) is 10.7 Å². The van der Waals surface area contributed by atoms with Gasteiger partial charge < -0.3 is 4.90 Å². The monoisotopic (exact) mass is 355 g/mol. The minimum Gasteiger partial charge on any atom is -0.339 e. The Kier molecular flexibility index (Phi) is 5.19. The fraction of sp³-hybridized carbons (Fsp3) is 0.211. The summed E-state index contributed by atoms with van der Waals surface area (Å²) in [6.07, 6.45) is 1.95. The van der Waals surface area contributed by atoms with Crippen LogP contribution in [-0.4, -0.2) is 27.8 Å². The average Bonchev–Trinajstić information content (AvgIpc) is 3.10. The summed E-state index contributed by atoms with van der Waals surface area (Å²) in [7, 11) is 1.75. The number of carbonyl (C=O) groups is 1. The third kappa shape index (κ3) is 4.09. The SMILES string of the molecule is C[C@@H](c1ccc(F)cc1)N(C)C(=O)Cc1csc(-c2ccccn2)n1. The lowest BCUT2D eigenvalue weighted by Crippen LogP contribution is -2.31. The van der Waals surface area contributed by atoms with Gasteiger partial charge in [0.15, 0.2) is 0 Å². The Morgan fingerprint density at radius 2 is 2.00 bits per heavy atom. The van der Waals surface area contributed by atoms with Gasteiger partial charge in [-0.05, 0) is 36.8 Å². The minimum absolute atomic E-state index is 0.0327. The highest BCUT2D eigenvalue weighted by Gasteiger charge is 2.19. The van der Waals surface area contributed by atoms with E-state index in [1.165, 1.54) is 23.5 Å². The number of pyridine rings is 1. The van der Waals surface area contributed by atoms with E-state index in [1.807, 2.05) is 30.5 Å². The van der Waals surface area contributed by atoms with Gasteiger partial charge in [0, 0.05) is 18.6 Å². The molecule has 0 N–H and O–H groups in total. The quantitative estimate of drug-likeness (QED) is 0.692. The van der Waals surface area contributed by atoms with Crippen LogP contribution in [0.15, 0.2) is 54.0 Å². The highest BCUT2D eigenvalue weighted by molar-refractivity contribution is 7.13. The van der Waals surface area contributed by atoms with Gasteiger partial charge in [-0.3, -0.25) is 9.78 Å². The van der Waals surface area contributed by atoms with Gasteiger partial charge in [0.1, 0.15) is 10.8 Å². The van der Waals surface area contributed by atoms with E-state index in [9.17, 15) is 9.18 Å². The highest BCUT2D eigenvalue weighted by atomic mass is 32.1. The van der Waals surface area contributed by atoms with E-state index in [1.54, 1.807) is 30.3 Å². The minimum atomic E-state index is -0.283. The Balaban J connectivity index is 1.67. The van der Waals surface area contributed by atoms with E-state index in [4.69, 9.17) is 0 Å². The number of likely N-dealkylation sites (N-methyl/N-ethyl adjacent to an activating group) is 1. The molecule has 0 aliphatic heterocycles. The number of thiazole rings is 1. The Morgan fingerprint density at radius 1 is 1.24 bits per heavy atom. The summed E-state index contributed by atoms with van der Waals surface area (Å²) in [4.78, 5) is 23.0. The van der Waals surface area contributed by atoms with Gasteiger partial charge in [0.25, 0.3) is 0 Å². The first-order chi connectivity index (χ1) is 12.0. The molecular formula is C19H18FN3OS. The molecule has 2 aromatic heterocycles. The molecule has 0 fully saturated rings. The van der Waals surface area contributed by atoms with E-state index < -0.39 is 0 Å². The molecular weight excluding hydrogens is 337 g/mol. The smallest absolute Gasteiger partial charge is 0.228 e. The van der Waals surface area contributed by atoms with Crippen molar-refractivity contribution >= 4 is 17.2 Å². The van der Waals surface area contributed by atoms with Crippen molar-refractivity contribution in [1.29, 1.82) is 0 Å². The number of rotatable bonds is 5. The van der Waals surface area contributed by atoms with Crippen LogP contribution in [-0.2, 0) is 11.2 Å². The summed E-state index contributed by atoms with van der Waals surface area (Å²) in [5.41, 5.74) is 2.43. The van der Waals surface area contributed by atoms with E-state index >= 15 is 0 Å². The second-order valence-electron chi connectivity index (χ2n) is 5.77. The summed E-state index contributed by atoms with van der Waals surface area (Å²) in [5.74, 6) is -0.316. The molecule has 6 heteroatoms. The number of amides is 1. The van der Waals surface area contributed by atoms with Crippen molar-refractivity contribution in [2.45, 2.75) is 19.4 Å². The first kappa shape index (κ1) is 17.2. The molecule has 128 valence electrons. The number of nitrogens with zero attached hydrogens (tertiary/aromatic N) is 3. The fourth-order valence-electron chi connectivity index (χ4n) is 2.46. The van der Waals surface area contributed by atoms with Crippen LogP contribution in [0.5, 0.6) is 0 Å². The fourth-order valence-corrected chi connectivity index (χ4v) is 3.25. The van der Waals surface area contributed by atoms with E-state index in [0.717, 1.165) is 22.0 Å². The Hall–Kier alpha value is -2.60. The Morgan fingerprint density at radius 3 is 2.68 bits per heavy atom. The summed E-state index contributed by atoms with van der Waals surface area (Å²) in [6.45, 7) is 1.92. The van der Waals surface area contributed by atoms with Crippen LogP contribution in [0, 0.1) is 5.82 Å². The van der Waals surface area contributed by atoms with Crippen LogP contribution in [0.1, 0.15) is 24.2 Å². The lowest BCUT2D eigenvalue weighted by Gasteiger charge is -2.25. The number of halogens is 1. The molecule has 0 radical (unpaired) electrons. The second kappa shape index (κ2) is 7.53. The topological polar surface area (TPSA) is 46.1 Å². The van der Waals surface area contributed by atoms with Gasteiger partial charge in [-0.1, -0.05) is 18.2 Å². The van der Waals surface area contributed by atoms with Crippen LogP contribution in [0.3, 0.4) is 0 Å². The first-order valence-electron chi connectivity index (χ1n) is 7.91. The van der Waals surface area contributed by atoms with Crippen LogP contribution >= 0.6 is 11.3 Å². The molecule has 0 saturated carbocycles. The number of aromatic nitrogens is 2. The van der Waals surface area contributed by atoms with E-state index in [0.29, 0.717) is 0 Å². The van der Waals surface area contributed by atoms with E-state index in [-0.39, 0.29) is 24.2 Å². The Labute approximate surface area is 150 Å². The highest BCUT2D eigenvalue weighted by Crippen LogP contribution is 2.23. The molecule has 1 atom stereocenters. The molecule has 1 amide bonds. The molecule has 0 aliphatic rings. The van der Waals surface area contributed by atoms with Crippen LogP contribution in [0.25, 0.3) is 10.7 Å². The zero-order chi connectivity index (χ0) is 17.8. The summed E-state index contributed by atoms with van der Waals surface area (Å²) in [5, 5.41) is 2.69. The van der Waals surface area contributed by atoms with Crippen molar-refractivity contribution in [1.82, 2.24) is 14.9 Å². The van der Waals surface area contributed by atoms with Crippen molar-refractivity contribution < 1.29 is 9.18 Å². The number of hydrogen-bond donors (Lipinski definition) is 0. The predicted octanol–water partition coefficient (Wildman–Crippen LogP) is 4.11. The van der Waals surface area contributed by atoms with Crippen molar-refractivity contribution in [3.63, 3.8) is 0 Å². The molecule has 3 rings (SSSR count). The zero-order valence-corrected chi connectivity index (χ0v) is 14.8. The molecule has 0 saturated heterocycles. The van der Waals surface area contributed by atoms with Crippen molar-refractivity contribution in [2.75, 3.05) is 7.05 Å². The molecule has 0 bridgehead atoms. The molecule has 0 aliphatic carbocycles. The molecule has 2 heterocycles. The lowest BCUT2D eigenvalue weighted by atomic mass is 10.1. The largest absolute Gasteiger partial charge is 0.339 e. The van der Waals surface area contributed by atoms with Crippen molar-refractivity contribution in [3.05, 3.63) is 71.1 Å². The number of hydrogen-bond acceptors (Lipinski definition) is 4. The summed E-state index contributed by atoms with van der Waals surface area (Å²) < 4.78 is 13.0. The maximum atomic E-state index is 13.0. The maximum absolute atomic E-state index is 13.0. The summed E-state index contributed by atoms with van der Waals surface area (Å²) >= 11 is 1.48. The van der Waals surface area contributed by atoms with E-state index in [2.05, 4.69) is 9.97 Å². The zero-order valence-electron chi connectivity index (χ0n) is 14.0. The molecule has 25 heavy (non-hydrogen) atoms. The molecule has 1 aromatic carbocycles. The lowest BCUT2D eigenvalue weighted by molar-refractivity contribution is -0.131. The van der Waals surface area contributed by atoms with Crippen LogP contribution < -0.4 is 0 Å². The normalized spacial score (nSPS) is 12.0. The molecule has 4 nitrogen and oxygen atoms in total. The third-order valence-corrected chi connectivity index (χ3v) is 5.01. The van der Waals surface area contributed by atoms with Gasteiger partial charge in [0.2, 0.25) is 5.91 Å². The number of benzene rings is 1. The second-order valence-corrected chi connectivity index (χ2v) is 6.63. The summed E-state index contributed by atoms with van der Waals surface area (Å²) in [6, 6.07) is 11.7. The van der Waals surface area contributed by atoms with Gasteiger partial charge in [-0.2, -0.15) is 0 Å². The predicted molar refractivity (Wildman–Crippen MR) is 96.6 cm³/mol. The van der Waals surface area contributed by atoms with Gasteiger partial charge >= 0.3 is 0 Å². The average molecular weight is 355 g/mol. The standard InChI is InChI=1S/C19H18FN3OS/c1-13(14-6-8-15(20)9-7-14)23(2)18(24)11-16-12-25-19(22-16)17-5-3-4-10-21-17/h3-10,12-13H,11H2,1-2H3/t13-/m0/s1. The first-order valence-corrected chi connectivity index (χ1v) is 8.79. The van der Waals surface area contributed by atoms with Crippen LogP contribution in [0.2, 0.25) is 0 Å². The Bertz CT molecular complexity index is 849. The van der Waals surface area contributed by atoms with Crippen LogP contribution in [0.4, 0.5) is 4.39 Å². The van der Waals surface area contributed by atoms with Gasteiger partial charge in [0.05, 0.1) is 23.9 Å². The third-order valence-electron chi connectivity index (χ3n) is 4.09. The van der Waals surface area contributed by atoms with Crippen molar-refractivity contribution in [2.24, 2.45) is 0 Å².